The Morgan fingerprint density at radius 2 is 0.963 bits per heavy atom. The summed E-state index contributed by atoms with van der Waals surface area (Å²) in [6, 6.07) is 36.7. The van der Waals surface area contributed by atoms with Crippen LogP contribution in [0.2, 0.25) is 0 Å². The molecule has 0 radical (unpaired) electrons. The smallest absolute Gasteiger partial charge is 0.0332 e. The summed E-state index contributed by atoms with van der Waals surface area (Å²) < 4.78 is 1.16. The maximum absolute atomic E-state index is 3.87. The number of hydrogen-bond donors (Lipinski definition) is 0. The molecule has 0 aliphatic rings. The average molecular weight is 409 g/mol. The zero-order valence-corrected chi connectivity index (χ0v) is 16.3. The van der Waals surface area contributed by atoms with Gasteiger partial charge in [0.1, 0.15) is 0 Å². The van der Waals surface area contributed by atoms with Gasteiger partial charge in [-0.15, -0.1) is 0 Å². The van der Waals surface area contributed by atoms with E-state index in [1.165, 1.54) is 43.8 Å². The minimum absolute atomic E-state index is 1.16. The lowest BCUT2D eigenvalue weighted by molar-refractivity contribution is 1.63. The molecule has 0 aliphatic carbocycles. The van der Waals surface area contributed by atoms with Crippen LogP contribution in [0.25, 0.3) is 43.8 Å². The average Bonchev–Trinajstić information content (AvgIpc) is 2.75. The first-order valence-corrected chi connectivity index (χ1v) is 9.87. The molecule has 0 atom stereocenters. The Labute approximate surface area is 167 Å². The van der Waals surface area contributed by atoms with Crippen molar-refractivity contribution in [3.8, 4) is 22.3 Å². The molecular weight excluding hydrogens is 392 g/mol. The molecule has 128 valence electrons. The van der Waals surface area contributed by atoms with Crippen molar-refractivity contribution in [3.63, 3.8) is 0 Å². The van der Waals surface area contributed by atoms with Gasteiger partial charge >= 0.3 is 0 Å². The van der Waals surface area contributed by atoms with Gasteiger partial charge in [-0.25, -0.2) is 0 Å². The summed E-state index contributed by atoms with van der Waals surface area (Å²) in [6.07, 6.45) is 0. The van der Waals surface area contributed by atoms with Crippen LogP contribution in [0, 0.1) is 0 Å². The van der Waals surface area contributed by atoms with Gasteiger partial charge in [0.05, 0.1) is 0 Å². The molecule has 0 amide bonds. The predicted molar refractivity (Wildman–Crippen MR) is 120 cm³/mol. The van der Waals surface area contributed by atoms with E-state index in [1.807, 2.05) is 0 Å². The number of halogens is 1. The quantitative estimate of drug-likeness (QED) is 0.259. The van der Waals surface area contributed by atoms with Crippen molar-refractivity contribution >= 4 is 37.5 Å². The highest BCUT2D eigenvalue weighted by Gasteiger charge is 2.14. The normalized spacial score (nSPS) is 11.1. The van der Waals surface area contributed by atoms with Gasteiger partial charge in [0.2, 0.25) is 0 Å². The highest BCUT2D eigenvalue weighted by molar-refractivity contribution is 9.10. The van der Waals surface area contributed by atoms with Crippen LogP contribution >= 0.6 is 15.9 Å². The van der Waals surface area contributed by atoms with Crippen LogP contribution in [0.15, 0.2) is 108 Å². The summed E-state index contributed by atoms with van der Waals surface area (Å²) in [4.78, 5) is 0. The van der Waals surface area contributed by atoms with Crippen molar-refractivity contribution < 1.29 is 0 Å². The third-order valence-electron chi connectivity index (χ3n) is 5.13. The summed E-state index contributed by atoms with van der Waals surface area (Å²) in [6.45, 7) is 0. The highest BCUT2D eigenvalue weighted by Crippen LogP contribution is 2.42. The fourth-order valence-electron chi connectivity index (χ4n) is 3.85. The SMILES string of the molecule is Brc1c2ccccc2c(-c2ccccc2)c2cc(-c3ccccc3)ccc12. The molecule has 0 bridgehead atoms. The molecule has 0 N–H and O–H groups in total. The van der Waals surface area contributed by atoms with Crippen molar-refractivity contribution in [1.29, 1.82) is 0 Å². The van der Waals surface area contributed by atoms with Crippen LogP contribution in [0.4, 0.5) is 0 Å². The molecule has 0 heterocycles. The maximum Gasteiger partial charge on any atom is 0.0332 e. The lowest BCUT2D eigenvalue weighted by atomic mass is 9.90. The molecule has 27 heavy (non-hydrogen) atoms. The molecule has 0 nitrogen and oxygen atoms in total. The van der Waals surface area contributed by atoms with E-state index < -0.39 is 0 Å². The minimum Gasteiger partial charge on any atom is -0.0622 e. The number of benzene rings is 5. The standard InChI is InChI=1S/C26H17Br/c27-26-22-14-8-7-13-21(22)25(19-11-5-2-6-12-19)24-17-20(15-16-23(24)26)18-9-3-1-4-10-18/h1-17H. The monoisotopic (exact) mass is 408 g/mol. The molecule has 0 spiro atoms. The Morgan fingerprint density at radius 1 is 0.407 bits per heavy atom. The molecule has 0 saturated carbocycles. The van der Waals surface area contributed by atoms with Crippen molar-refractivity contribution in [1.82, 2.24) is 0 Å². The van der Waals surface area contributed by atoms with Crippen LogP contribution < -0.4 is 0 Å². The largest absolute Gasteiger partial charge is 0.0622 e. The third kappa shape index (κ3) is 2.75. The summed E-state index contributed by atoms with van der Waals surface area (Å²) in [5.74, 6) is 0. The summed E-state index contributed by atoms with van der Waals surface area (Å²) >= 11 is 3.87. The molecule has 5 aromatic rings. The first-order valence-electron chi connectivity index (χ1n) is 9.08. The second kappa shape index (κ2) is 6.68. The Bertz CT molecular complexity index is 1260. The first-order chi connectivity index (χ1) is 13.3. The van der Waals surface area contributed by atoms with E-state index in [4.69, 9.17) is 0 Å². The van der Waals surface area contributed by atoms with Crippen LogP contribution in [-0.4, -0.2) is 0 Å². The van der Waals surface area contributed by atoms with Gasteiger partial charge in [0, 0.05) is 4.47 Å². The van der Waals surface area contributed by atoms with Gasteiger partial charge in [-0.05, 0) is 65.8 Å². The van der Waals surface area contributed by atoms with Crippen LogP contribution in [0.1, 0.15) is 0 Å². The van der Waals surface area contributed by atoms with E-state index >= 15 is 0 Å². The minimum atomic E-state index is 1.16. The van der Waals surface area contributed by atoms with E-state index in [0.29, 0.717) is 0 Å². The zero-order chi connectivity index (χ0) is 18.2. The second-order valence-electron chi connectivity index (χ2n) is 6.73. The van der Waals surface area contributed by atoms with Crippen molar-refractivity contribution in [2.24, 2.45) is 0 Å². The van der Waals surface area contributed by atoms with Crippen molar-refractivity contribution in [2.45, 2.75) is 0 Å². The van der Waals surface area contributed by atoms with Crippen LogP contribution in [-0.2, 0) is 0 Å². The van der Waals surface area contributed by atoms with Crippen molar-refractivity contribution in [3.05, 3.63) is 108 Å². The molecule has 0 aromatic heterocycles. The molecular formula is C26H17Br. The van der Waals surface area contributed by atoms with Crippen LogP contribution in [0.5, 0.6) is 0 Å². The third-order valence-corrected chi connectivity index (χ3v) is 5.98. The first kappa shape index (κ1) is 16.3. The van der Waals surface area contributed by atoms with E-state index in [-0.39, 0.29) is 0 Å². The van der Waals surface area contributed by atoms with Gasteiger partial charge in [-0.2, -0.15) is 0 Å². The molecule has 0 aliphatic heterocycles. The summed E-state index contributed by atoms with van der Waals surface area (Å²) in [5.41, 5.74) is 5.02. The maximum atomic E-state index is 3.87. The topological polar surface area (TPSA) is 0 Å². The number of fused-ring (bicyclic) bond motifs is 2. The molecule has 0 unspecified atom stereocenters. The fourth-order valence-corrected chi connectivity index (χ4v) is 4.54. The number of hydrogen-bond acceptors (Lipinski definition) is 0. The van der Waals surface area contributed by atoms with E-state index in [1.54, 1.807) is 0 Å². The lowest BCUT2D eigenvalue weighted by Crippen LogP contribution is -1.88. The number of rotatable bonds is 2. The Balaban J connectivity index is 1.93. The van der Waals surface area contributed by atoms with E-state index in [0.717, 1.165) is 4.47 Å². The summed E-state index contributed by atoms with van der Waals surface area (Å²) in [5, 5.41) is 5.03. The fraction of sp³-hybridized carbons (Fsp3) is 0. The Kier molecular flexibility index (Phi) is 4.03. The van der Waals surface area contributed by atoms with Crippen molar-refractivity contribution in [2.75, 3.05) is 0 Å². The Hall–Kier alpha value is -2.90. The molecule has 0 saturated heterocycles. The predicted octanol–water partition coefficient (Wildman–Crippen LogP) is 8.09. The molecule has 5 rings (SSSR count). The Morgan fingerprint density at radius 3 is 1.67 bits per heavy atom. The second-order valence-corrected chi connectivity index (χ2v) is 7.52. The summed E-state index contributed by atoms with van der Waals surface area (Å²) in [7, 11) is 0. The van der Waals surface area contributed by atoms with Gasteiger partial charge in [0.15, 0.2) is 0 Å². The van der Waals surface area contributed by atoms with Gasteiger partial charge in [-0.3, -0.25) is 0 Å². The molecule has 1 heteroatoms. The van der Waals surface area contributed by atoms with Gasteiger partial charge in [0.25, 0.3) is 0 Å². The molecule has 0 fully saturated rings. The van der Waals surface area contributed by atoms with E-state index in [9.17, 15) is 0 Å². The van der Waals surface area contributed by atoms with Gasteiger partial charge < -0.3 is 0 Å². The lowest BCUT2D eigenvalue weighted by Gasteiger charge is -2.15. The zero-order valence-electron chi connectivity index (χ0n) is 14.7. The highest BCUT2D eigenvalue weighted by atomic mass is 79.9. The molecule has 5 aromatic carbocycles. The van der Waals surface area contributed by atoms with Gasteiger partial charge in [-0.1, -0.05) is 97.1 Å². The van der Waals surface area contributed by atoms with Crippen LogP contribution in [0.3, 0.4) is 0 Å². The van der Waals surface area contributed by atoms with E-state index in [2.05, 4.69) is 119 Å².